The molecular weight excluding hydrogens is 270 g/mol. The lowest BCUT2D eigenvalue weighted by molar-refractivity contribution is 0.0697. The maximum atomic E-state index is 11.0. The maximum Gasteiger partial charge on any atom is 0.335 e. The quantitative estimate of drug-likeness (QED) is 0.768. The van der Waals surface area contributed by atoms with Crippen LogP contribution in [-0.2, 0) is 0 Å². The average molecular weight is 278 g/mol. The highest BCUT2D eigenvalue weighted by Crippen LogP contribution is 2.29. The molecule has 1 aromatic carbocycles. The molecule has 2 aromatic heterocycles. The third-order valence-corrected chi connectivity index (χ3v) is 3.72. The second-order valence-corrected chi connectivity index (χ2v) is 5.03. The Kier molecular flexibility index (Phi) is 2.61. The minimum Gasteiger partial charge on any atom is -0.478 e. The molecule has 0 unspecified atom stereocenters. The standard InChI is InChI=1S/C13H8ClNO2S/c14-12-6-8-1-2-9(13(16)17)5-11(8)15(12)10-3-4-18-7-10/h1-7H,(H,16,17). The van der Waals surface area contributed by atoms with Gasteiger partial charge in [0.1, 0.15) is 5.15 Å². The number of nitrogens with zero attached hydrogens (tertiary/aromatic N) is 1. The van der Waals surface area contributed by atoms with E-state index in [0.29, 0.717) is 5.15 Å². The Hall–Kier alpha value is -1.78. The van der Waals surface area contributed by atoms with Crippen molar-refractivity contribution in [2.24, 2.45) is 0 Å². The van der Waals surface area contributed by atoms with Gasteiger partial charge in [0.05, 0.1) is 16.8 Å². The molecule has 0 aliphatic rings. The molecule has 0 fully saturated rings. The van der Waals surface area contributed by atoms with E-state index < -0.39 is 5.97 Å². The van der Waals surface area contributed by atoms with Crippen LogP contribution in [0.15, 0.2) is 41.1 Å². The molecule has 18 heavy (non-hydrogen) atoms. The Bertz CT molecular complexity index is 731. The van der Waals surface area contributed by atoms with E-state index in [-0.39, 0.29) is 5.56 Å². The van der Waals surface area contributed by atoms with Crippen LogP contribution in [0.2, 0.25) is 5.15 Å². The number of hydrogen-bond donors (Lipinski definition) is 1. The van der Waals surface area contributed by atoms with Crippen molar-refractivity contribution in [3.8, 4) is 5.69 Å². The number of fused-ring (bicyclic) bond motifs is 1. The van der Waals surface area contributed by atoms with Crippen molar-refractivity contribution in [1.29, 1.82) is 0 Å². The summed E-state index contributed by atoms with van der Waals surface area (Å²) in [6, 6.07) is 8.78. The molecule has 3 nitrogen and oxygen atoms in total. The molecule has 0 aliphatic carbocycles. The first kappa shape index (κ1) is 11.3. The molecule has 3 aromatic rings. The first-order chi connectivity index (χ1) is 8.66. The fraction of sp³-hybridized carbons (Fsp3) is 0. The summed E-state index contributed by atoms with van der Waals surface area (Å²) < 4.78 is 1.85. The first-order valence-corrected chi connectivity index (χ1v) is 6.56. The zero-order valence-electron chi connectivity index (χ0n) is 9.13. The van der Waals surface area contributed by atoms with Gasteiger partial charge in [-0.15, -0.1) is 0 Å². The van der Waals surface area contributed by atoms with Gasteiger partial charge in [0.25, 0.3) is 0 Å². The van der Waals surface area contributed by atoms with Gasteiger partial charge in [-0.05, 0) is 29.6 Å². The van der Waals surface area contributed by atoms with Crippen LogP contribution in [0.5, 0.6) is 0 Å². The number of halogens is 1. The van der Waals surface area contributed by atoms with Crippen LogP contribution >= 0.6 is 22.9 Å². The number of aromatic carboxylic acids is 1. The van der Waals surface area contributed by atoms with E-state index in [9.17, 15) is 4.79 Å². The number of aromatic nitrogens is 1. The summed E-state index contributed by atoms with van der Waals surface area (Å²) in [6.07, 6.45) is 0. The third kappa shape index (κ3) is 1.70. The average Bonchev–Trinajstić information content (AvgIpc) is 2.93. The molecule has 0 saturated heterocycles. The lowest BCUT2D eigenvalue weighted by atomic mass is 10.1. The third-order valence-electron chi connectivity index (χ3n) is 2.77. The summed E-state index contributed by atoms with van der Waals surface area (Å²) in [5.74, 6) is -0.939. The van der Waals surface area contributed by atoms with Gasteiger partial charge in [-0.25, -0.2) is 4.79 Å². The number of thiophene rings is 1. The summed E-state index contributed by atoms with van der Waals surface area (Å²) in [6.45, 7) is 0. The molecule has 0 atom stereocenters. The molecule has 0 bridgehead atoms. The Morgan fingerprint density at radius 2 is 2.11 bits per heavy atom. The molecule has 1 N–H and O–H groups in total. The maximum absolute atomic E-state index is 11.0. The van der Waals surface area contributed by atoms with Gasteiger partial charge in [0.15, 0.2) is 0 Å². The van der Waals surface area contributed by atoms with Gasteiger partial charge < -0.3 is 5.11 Å². The fourth-order valence-corrected chi connectivity index (χ4v) is 2.87. The molecular formula is C13H8ClNO2S. The predicted octanol–water partition coefficient (Wildman–Crippen LogP) is 4.04. The topological polar surface area (TPSA) is 42.2 Å². The molecule has 0 saturated carbocycles. The van der Waals surface area contributed by atoms with Crippen molar-refractivity contribution in [2.45, 2.75) is 0 Å². The molecule has 0 aliphatic heterocycles. The van der Waals surface area contributed by atoms with E-state index >= 15 is 0 Å². The summed E-state index contributed by atoms with van der Waals surface area (Å²) in [7, 11) is 0. The molecule has 90 valence electrons. The number of rotatable bonds is 2. The van der Waals surface area contributed by atoms with Gasteiger partial charge >= 0.3 is 5.97 Å². The van der Waals surface area contributed by atoms with Crippen LogP contribution < -0.4 is 0 Å². The minimum absolute atomic E-state index is 0.258. The van der Waals surface area contributed by atoms with Crippen molar-refractivity contribution in [3.63, 3.8) is 0 Å². The highest BCUT2D eigenvalue weighted by molar-refractivity contribution is 7.08. The number of carboxylic acids is 1. The number of carbonyl (C=O) groups is 1. The van der Waals surface area contributed by atoms with Crippen molar-refractivity contribution in [1.82, 2.24) is 4.57 Å². The normalized spacial score (nSPS) is 10.9. The zero-order chi connectivity index (χ0) is 12.7. The Morgan fingerprint density at radius 1 is 1.28 bits per heavy atom. The van der Waals surface area contributed by atoms with Gasteiger partial charge in [0, 0.05) is 10.8 Å². The van der Waals surface area contributed by atoms with E-state index in [0.717, 1.165) is 16.6 Å². The smallest absolute Gasteiger partial charge is 0.335 e. The Labute approximate surface area is 112 Å². The van der Waals surface area contributed by atoms with Crippen LogP contribution in [-0.4, -0.2) is 15.6 Å². The van der Waals surface area contributed by atoms with E-state index in [1.807, 2.05) is 27.5 Å². The highest BCUT2D eigenvalue weighted by Gasteiger charge is 2.12. The van der Waals surface area contributed by atoms with Gasteiger partial charge in [-0.1, -0.05) is 17.7 Å². The number of benzene rings is 1. The van der Waals surface area contributed by atoms with Gasteiger partial charge in [0.2, 0.25) is 0 Å². The minimum atomic E-state index is -0.939. The lowest BCUT2D eigenvalue weighted by Crippen LogP contribution is -1.97. The van der Waals surface area contributed by atoms with Crippen LogP contribution in [0, 0.1) is 0 Å². The predicted molar refractivity (Wildman–Crippen MR) is 73.1 cm³/mol. The summed E-state index contributed by atoms with van der Waals surface area (Å²) in [4.78, 5) is 11.0. The van der Waals surface area contributed by atoms with Gasteiger partial charge in [-0.2, -0.15) is 11.3 Å². The lowest BCUT2D eigenvalue weighted by Gasteiger charge is -2.04. The van der Waals surface area contributed by atoms with E-state index in [2.05, 4.69) is 0 Å². The molecule has 0 radical (unpaired) electrons. The van der Waals surface area contributed by atoms with Crippen LogP contribution in [0.3, 0.4) is 0 Å². The van der Waals surface area contributed by atoms with E-state index in [4.69, 9.17) is 16.7 Å². The van der Waals surface area contributed by atoms with Crippen molar-refractivity contribution >= 4 is 39.8 Å². The monoisotopic (exact) mass is 277 g/mol. The Balaban J connectivity index is 2.33. The SMILES string of the molecule is O=C(O)c1ccc2cc(Cl)n(-c3ccsc3)c2c1. The largest absolute Gasteiger partial charge is 0.478 e. The Morgan fingerprint density at radius 3 is 2.78 bits per heavy atom. The van der Waals surface area contributed by atoms with Crippen molar-refractivity contribution < 1.29 is 9.90 Å². The second kappa shape index (κ2) is 4.15. The fourth-order valence-electron chi connectivity index (χ4n) is 1.95. The highest BCUT2D eigenvalue weighted by atomic mass is 35.5. The second-order valence-electron chi connectivity index (χ2n) is 3.86. The van der Waals surface area contributed by atoms with Crippen LogP contribution in [0.1, 0.15) is 10.4 Å². The van der Waals surface area contributed by atoms with Crippen molar-refractivity contribution in [2.75, 3.05) is 0 Å². The van der Waals surface area contributed by atoms with Gasteiger partial charge in [-0.3, -0.25) is 4.57 Å². The number of carboxylic acid groups (broad SMARTS) is 1. The molecule has 5 heteroatoms. The first-order valence-electron chi connectivity index (χ1n) is 5.24. The molecule has 2 heterocycles. The summed E-state index contributed by atoms with van der Waals surface area (Å²) >= 11 is 7.78. The van der Waals surface area contributed by atoms with Crippen LogP contribution in [0.4, 0.5) is 0 Å². The zero-order valence-corrected chi connectivity index (χ0v) is 10.7. The van der Waals surface area contributed by atoms with E-state index in [1.54, 1.807) is 29.5 Å². The molecule has 0 amide bonds. The van der Waals surface area contributed by atoms with E-state index in [1.165, 1.54) is 0 Å². The van der Waals surface area contributed by atoms with Crippen LogP contribution in [0.25, 0.3) is 16.6 Å². The number of hydrogen-bond acceptors (Lipinski definition) is 2. The van der Waals surface area contributed by atoms with Crippen molar-refractivity contribution in [3.05, 3.63) is 51.8 Å². The summed E-state index contributed by atoms with van der Waals surface area (Å²) in [5.41, 5.74) is 2.01. The molecule has 0 spiro atoms. The summed E-state index contributed by atoms with van der Waals surface area (Å²) in [5, 5.41) is 14.5. The molecule has 3 rings (SSSR count).